The highest BCUT2D eigenvalue weighted by atomic mass is 32.2. The van der Waals surface area contributed by atoms with Gasteiger partial charge in [0.1, 0.15) is 13.1 Å². The topological polar surface area (TPSA) is 62.1 Å². The Hall–Kier alpha value is -3.16. The molecule has 0 bridgehead atoms. The summed E-state index contributed by atoms with van der Waals surface area (Å²) < 4.78 is 28.5. The minimum atomic E-state index is -3.90. The molecule has 0 radical (unpaired) electrons. The first kappa shape index (κ1) is 24.0. The third kappa shape index (κ3) is 5.48. The lowest BCUT2D eigenvalue weighted by Crippen LogP contribution is -3.13. The maximum atomic E-state index is 13.6. The molecule has 3 aromatic rings. The molecule has 3 aromatic carbocycles. The fraction of sp³-hybridized carbons (Fsp3) is 0.296. The molecular formula is C27H32N3O3S+. The van der Waals surface area contributed by atoms with E-state index >= 15 is 0 Å². The van der Waals surface area contributed by atoms with Gasteiger partial charge < -0.3 is 9.80 Å². The molecule has 7 heteroatoms. The molecule has 1 amide bonds. The quantitative estimate of drug-likeness (QED) is 0.567. The number of carbonyl (C=O) groups is 1. The summed E-state index contributed by atoms with van der Waals surface area (Å²) in [6, 6.07) is 24.4. The maximum absolute atomic E-state index is 13.6. The fourth-order valence-corrected chi connectivity index (χ4v) is 5.86. The normalized spacial score (nSPS) is 14.7. The van der Waals surface area contributed by atoms with E-state index in [4.69, 9.17) is 0 Å². The van der Waals surface area contributed by atoms with Gasteiger partial charge in [0, 0.05) is 5.56 Å². The number of piperazine rings is 1. The average Bonchev–Trinajstić information content (AvgIpc) is 2.85. The molecule has 1 aliphatic rings. The molecule has 1 fully saturated rings. The Kier molecular flexibility index (Phi) is 7.34. The number of hydrogen-bond acceptors (Lipinski definition) is 3. The molecule has 0 unspecified atom stereocenters. The van der Waals surface area contributed by atoms with Gasteiger partial charge >= 0.3 is 0 Å². The van der Waals surface area contributed by atoms with Crippen molar-refractivity contribution in [2.24, 2.45) is 0 Å². The van der Waals surface area contributed by atoms with Crippen molar-refractivity contribution in [3.8, 4) is 0 Å². The largest absolute Gasteiger partial charge is 0.330 e. The highest BCUT2D eigenvalue weighted by Gasteiger charge is 2.31. The number of sulfonamides is 1. The van der Waals surface area contributed by atoms with E-state index in [-0.39, 0.29) is 17.3 Å². The Bertz CT molecular complexity index is 1220. The number of quaternary nitrogens is 1. The fourth-order valence-electron chi connectivity index (χ4n) is 4.36. The van der Waals surface area contributed by atoms with Crippen LogP contribution in [0.25, 0.3) is 0 Å². The predicted octanol–water partition coefficient (Wildman–Crippen LogP) is 2.43. The van der Waals surface area contributed by atoms with Crippen molar-refractivity contribution in [1.82, 2.24) is 4.90 Å². The summed E-state index contributed by atoms with van der Waals surface area (Å²) in [6.45, 7) is 7.44. The standard InChI is InChI=1S/C27H31N3O3S/c1-22-13-14-23(2)26(19-22)30(34(32,33)25-11-7-4-8-12-25)21-27(31)29-17-15-28(16-18-29)20-24-9-5-3-6-10-24/h3-14,19H,15-18,20-21H2,1-2H3/p+1. The average molecular weight is 479 g/mol. The van der Waals surface area contributed by atoms with Crippen LogP contribution in [-0.4, -0.2) is 51.9 Å². The zero-order valence-corrected chi connectivity index (χ0v) is 20.6. The van der Waals surface area contributed by atoms with Crippen LogP contribution in [0, 0.1) is 13.8 Å². The summed E-state index contributed by atoms with van der Waals surface area (Å²) in [6.07, 6.45) is 0. The van der Waals surface area contributed by atoms with Gasteiger partial charge in [0.15, 0.2) is 0 Å². The van der Waals surface area contributed by atoms with Crippen LogP contribution in [-0.2, 0) is 21.4 Å². The predicted molar refractivity (Wildman–Crippen MR) is 134 cm³/mol. The number of anilines is 1. The van der Waals surface area contributed by atoms with Crippen LogP contribution in [0.3, 0.4) is 0 Å². The molecule has 0 atom stereocenters. The highest BCUT2D eigenvalue weighted by Crippen LogP contribution is 2.28. The van der Waals surface area contributed by atoms with E-state index in [1.165, 1.54) is 14.8 Å². The molecule has 0 spiro atoms. The minimum Gasteiger partial charge on any atom is -0.330 e. The molecule has 1 heterocycles. The molecule has 4 rings (SSSR count). The van der Waals surface area contributed by atoms with Crippen molar-refractivity contribution in [2.45, 2.75) is 25.3 Å². The third-order valence-corrected chi connectivity index (χ3v) is 8.14. The van der Waals surface area contributed by atoms with E-state index in [0.29, 0.717) is 18.8 Å². The molecule has 1 N–H and O–H groups in total. The summed E-state index contributed by atoms with van der Waals surface area (Å²) in [5, 5.41) is 0. The number of hydrogen-bond donors (Lipinski definition) is 1. The van der Waals surface area contributed by atoms with Gasteiger partial charge in [-0.25, -0.2) is 8.42 Å². The number of nitrogens with one attached hydrogen (secondary N) is 1. The van der Waals surface area contributed by atoms with Crippen molar-refractivity contribution in [3.63, 3.8) is 0 Å². The molecule has 6 nitrogen and oxygen atoms in total. The smallest absolute Gasteiger partial charge is 0.264 e. The number of benzene rings is 3. The second-order valence-electron chi connectivity index (χ2n) is 8.91. The van der Waals surface area contributed by atoms with Crippen LogP contribution < -0.4 is 9.21 Å². The minimum absolute atomic E-state index is 0.167. The lowest BCUT2D eigenvalue weighted by Gasteiger charge is -2.34. The van der Waals surface area contributed by atoms with E-state index < -0.39 is 10.0 Å². The first-order valence-electron chi connectivity index (χ1n) is 11.6. The maximum Gasteiger partial charge on any atom is 0.264 e. The van der Waals surface area contributed by atoms with Gasteiger partial charge in [-0.05, 0) is 43.2 Å². The molecule has 1 saturated heterocycles. The summed E-state index contributed by atoms with van der Waals surface area (Å²) in [5.74, 6) is -0.167. The molecule has 0 aromatic heterocycles. The van der Waals surface area contributed by atoms with E-state index in [2.05, 4.69) is 12.1 Å². The van der Waals surface area contributed by atoms with E-state index in [1.807, 2.05) is 50.2 Å². The second-order valence-corrected chi connectivity index (χ2v) is 10.8. The molecule has 178 valence electrons. The van der Waals surface area contributed by atoms with Gasteiger partial charge in [-0.1, -0.05) is 60.7 Å². The van der Waals surface area contributed by atoms with Crippen LogP contribution >= 0.6 is 0 Å². The lowest BCUT2D eigenvalue weighted by molar-refractivity contribution is -0.917. The van der Waals surface area contributed by atoms with Crippen LogP contribution in [0.4, 0.5) is 5.69 Å². The van der Waals surface area contributed by atoms with Gasteiger partial charge in [-0.15, -0.1) is 0 Å². The van der Waals surface area contributed by atoms with Crippen LogP contribution in [0.1, 0.15) is 16.7 Å². The lowest BCUT2D eigenvalue weighted by atomic mass is 10.1. The molecule has 0 saturated carbocycles. The number of rotatable bonds is 7. The number of amides is 1. The SMILES string of the molecule is Cc1ccc(C)c(N(CC(=O)N2CC[NH+](Cc3ccccc3)CC2)S(=O)(=O)c2ccccc2)c1. The highest BCUT2D eigenvalue weighted by molar-refractivity contribution is 7.92. The van der Waals surface area contributed by atoms with Crippen LogP contribution in [0.5, 0.6) is 0 Å². The molecule has 0 aliphatic carbocycles. The van der Waals surface area contributed by atoms with Crippen molar-refractivity contribution in [1.29, 1.82) is 0 Å². The molecule has 1 aliphatic heterocycles. The Morgan fingerprint density at radius 1 is 0.912 bits per heavy atom. The summed E-state index contributed by atoms with van der Waals surface area (Å²) in [5.41, 5.74) is 3.59. The first-order valence-corrected chi connectivity index (χ1v) is 13.1. The van der Waals surface area contributed by atoms with Gasteiger partial charge in [0.2, 0.25) is 5.91 Å². The Morgan fingerprint density at radius 3 is 2.18 bits per heavy atom. The summed E-state index contributed by atoms with van der Waals surface area (Å²) in [7, 11) is -3.90. The zero-order chi connectivity index (χ0) is 24.1. The Balaban J connectivity index is 1.52. The number of aryl methyl sites for hydroxylation is 2. The van der Waals surface area contributed by atoms with Gasteiger partial charge in [0.05, 0.1) is 36.8 Å². The monoisotopic (exact) mass is 478 g/mol. The van der Waals surface area contributed by atoms with Crippen molar-refractivity contribution in [2.75, 3.05) is 37.0 Å². The van der Waals surface area contributed by atoms with E-state index in [0.717, 1.165) is 30.8 Å². The Labute approximate surface area is 202 Å². The van der Waals surface area contributed by atoms with Gasteiger partial charge in [-0.2, -0.15) is 0 Å². The van der Waals surface area contributed by atoms with Crippen LogP contribution in [0.15, 0.2) is 83.8 Å². The zero-order valence-electron chi connectivity index (χ0n) is 19.8. The molecule has 34 heavy (non-hydrogen) atoms. The van der Waals surface area contributed by atoms with Crippen LogP contribution in [0.2, 0.25) is 0 Å². The van der Waals surface area contributed by atoms with Gasteiger partial charge in [0.25, 0.3) is 10.0 Å². The Morgan fingerprint density at radius 2 is 1.53 bits per heavy atom. The van der Waals surface area contributed by atoms with E-state index in [9.17, 15) is 13.2 Å². The first-order chi connectivity index (χ1) is 16.3. The van der Waals surface area contributed by atoms with E-state index in [1.54, 1.807) is 35.2 Å². The van der Waals surface area contributed by atoms with Crippen molar-refractivity contribution < 1.29 is 18.1 Å². The number of nitrogens with zero attached hydrogens (tertiary/aromatic N) is 2. The molecular weight excluding hydrogens is 446 g/mol. The summed E-state index contributed by atoms with van der Waals surface area (Å²) in [4.78, 5) is 16.7. The third-order valence-electron chi connectivity index (χ3n) is 6.36. The summed E-state index contributed by atoms with van der Waals surface area (Å²) >= 11 is 0. The van der Waals surface area contributed by atoms with Gasteiger partial charge in [-0.3, -0.25) is 9.10 Å². The van der Waals surface area contributed by atoms with Crippen molar-refractivity contribution >= 4 is 21.6 Å². The van der Waals surface area contributed by atoms with Crippen molar-refractivity contribution in [3.05, 3.63) is 95.6 Å². The number of carbonyl (C=O) groups excluding carboxylic acids is 1. The second kappa shape index (κ2) is 10.4.